The minimum atomic E-state index is -1.38. The molecule has 1 aromatic rings. The van der Waals surface area contributed by atoms with Crippen LogP contribution in [0.25, 0.3) is 0 Å². The molecule has 0 bridgehead atoms. The maximum atomic E-state index is 14.0. The lowest BCUT2D eigenvalue weighted by Gasteiger charge is -2.44. The molecule has 0 spiro atoms. The molecule has 1 atom stereocenters. The third kappa shape index (κ3) is 4.63. The van der Waals surface area contributed by atoms with Gasteiger partial charge in [0.15, 0.2) is 19.4 Å². The highest BCUT2D eigenvalue weighted by Crippen LogP contribution is 2.54. The molecular weight excluding hydrogens is 383 g/mol. The van der Waals surface area contributed by atoms with Crippen molar-refractivity contribution in [1.82, 2.24) is 0 Å². The zero-order valence-electron chi connectivity index (χ0n) is 18.8. The largest absolute Gasteiger partial charge is 0.465 e. The summed E-state index contributed by atoms with van der Waals surface area (Å²) >= 11 is 0. The Morgan fingerprint density at radius 2 is 1.66 bits per heavy atom. The van der Waals surface area contributed by atoms with E-state index in [1.807, 2.05) is 32.9 Å². The van der Waals surface area contributed by atoms with Gasteiger partial charge >= 0.3 is 5.97 Å². The number of aryl methyl sites for hydroxylation is 3. The van der Waals surface area contributed by atoms with Crippen molar-refractivity contribution < 1.29 is 18.9 Å². The average molecular weight is 419 g/mol. The monoisotopic (exact) mass is 418 g/mol. The summed E-state index contributed by atoms with van der Waals surface area (Å²) in [6, 6.07) is 4.01. The Bertz CT molecular complexity index is 754. The van der Waals surface area contributed by atoms with Crippen LogP contribution in [0.15, 0.2) is 12.1 Å². The summed E-state index contributed by atoms with van der Waals surface area (Å²) in [6.45, 7) is 12.0. The Morgan fingerprint density at radius 1 is 1.10 bits per heavy atom. The van der Waals surface area contributed by atoms with Crippen LogP contribution in [0.4, 0.5) is 0 Å². The van der Waals surface area contributed by atoms with Crippen LogP contribution in [0.3, 0.4) is 0 Å². The van der Waals surface area contributed by atoms with E-state index >= 15 is 0 Å². The van der Waals surface area contributed by atoms with E-state index in [1.54, 1.807) is 6.92 Å². The summed E-state index contributed by atoms with van der Waals surface area (Å²) in [4.78, 5) is 27.2. The quantitative estimate of drug-likeness (QED) is 0.279. The second-order valence-electron chi connectivity index (χ2n) is 9.23. The predicted octanol–water partition coefficient (Wildman–Crippen LogP) is 6.38. The van der Waals surface area contributed by atoms with Crippen LogP contribution >= 0.6 is 8.46 Å². The Kier molecular flexibility index (Phi) is 7.79. The molecule has 0 aliphatic heterocycles. The molecule has 1 unspecified atom stereocenters. The number of ketones is 1. The average Bonchev–Trinajstić information content (AvgIpc) is 2.66. The van der Waals surface area contributed by atoms with Crippen molar-refractivity contribution in [3.63, 3.8) is 0 Å². The first-order valence-corrected chi connectivity index (χ1v) is 11.5. The molecule has 160 valence electrons. The SMILES string of the molecule is Cc1cc(C)c(C(=O)C2(C(C)(P=O)C(=O)OCCC(C)C)CCCCC2)c(C)c1. The molecule has 4 nitrogen and oxygen atoms in total. The highest BCUT2D eigenvalue weighted by molar-refractivity contribution is 7.28. The summed E-state index contributed by atoms with van der Waals surface area (Å²) in [5.41, 5.74) is 2.59. The fourth-order valence-corrected chi connectivity index (χ4v) is 5.35. The number of ether oxygens (including phenoxy) is 1. The molecule has 29 heavy (non-hydrogen) atoms. The number of esters is 1. The molecular formula is C24H35O4P. The van der Waals surface area contributed by atoms with Crippen molar-refractivity contribution in [2.75, 3.05) is 6.61 Å². The number of carbonyl (C=O) groups is 2. The van der Waals surface area contributed by atoms with Crippen LogP contribution in [0.2, 0.25) is 0 Å². The first kappa shape index (κ1) is 23.7. The first-order valence-electron chi connectivity index (χ1n) is 10.7. The Morgan fingerprint density at radius 3 is 2.14 bits per heavy atom. The van der Waals surface area contributed by atoms with E-state index in [0.29, 0.717) is 24.3 Å². The van der Waals surface area contributed by atoms with Crippen molar-refractivity contribution in [3.8, 4) is 0 Å². The van der Waals surface area contributed by atoms with E-state index < -0.39 is 16.5 Å². The van der Waals surface area contributed by atoms with E-state index in [2.05, 4.69) is 13.8 Å². The summed E-state index contributed by atoms with van der Waals surface area (Å²) in [6.07, 6.45) is 4.58. The topological polar surface area (TPSA) is 60.4 Å². The molecule has 1 saturated carbocycles. The molecule has 0 N–H and O–H groups in total. The smallest absolute Gasteiger partial charge is 0.324 e. The van der Waals surface area contributed by atoms with Gasteiger partial charge in [0.2, 0.25) is 0 Å². The number of hydrogen-bond acceptors (Lipinski definition) is 4. The predicted molar refractivity (Wildman–Crippen MR) is 117 cm³/mol. The third-order valence-electron chi connectivity index (χ3n) is 6.49. The minimum absolute atomic E-state index is 0.0566. The number of rotatable bonds is 8. The van der Waals surface area contributed by atoms with Crippen LogP contribution in [0.1, 0.15) is 86.3 Å². The van der Waals surface area contributed by atoms with Crippen molar-refractivity contribution in [1.29, 1.82) is 0 Å². The van der Waals surface area contributed by atoms with Crippen LogP contribution < -0.4 is 0 Å². The van der Waals surface area contributed by atoms with Crippen LogP contribution in [-0.2, 0) is 14.1 Å². The molecule has 0 aromatic heterocycles. The maximum absolute atomic E-state index is 14.0. The Hall–Kier alpha value is -1.54. The fraction of sp³-hybridized carbons (Fsp3) is 0.667. The number of Topliss-reactive ketones (excluding diaryl/α,β-unsaturated/α-hetero) is 1. The van der Waals surface area contributed by atoms with E-state index in [9.17, 15) is 14.2 Å². The number of hydrogen-bond donors (Lipinski definition) is 0. The van der Waals surface area contributed by atoms with E-state index in [-0.39, 0.29) is 20.9 Å². The summed E-state index contributed by atoms with van der Waals surface area (Å²) in [7, 11) is -0.345. The second kappa shape index (κ2) is 9.51. The van der Waals surface area contributed by atoms with Gasteiger partial charge in [-0.05, 0) is 64.0 Å². The molecule has 1 aromatic carbocycles. The number of benzene rings is 1. The van der Waals surface area contributed by atoms with Gasteiger partial charge in [-0.25, -0.2) is 0 Å². The molecule has 5 heteroatoms. The zero-order valence-corrected chi connectivity index (χ0v) is 19.7. The summed E-state index contributed by atoms with van der Waals surface area (Å²) < 4.78 is 18.0. The normalized spacial score (nSPS) is 18.4. The van der Waals surface area contributed by atoms with Crippen molar-refractivity contribution in [2.45, 2.75) is 85.2 Å². The highest BCUT2D eigenvalue weighted by Gasteiger charge is 2.60. The van der Waals surface area contributed by atoms with Gasteiger partial charge in [0.1, 0.15) is 0 Å². The van der Waals surface area contributed by atoms with Gasteiger partial charge in [0.05, 0.1) is 12.0 Å². The lowest BCUT2D eigenvalue weighted by atomic mass is 9.61. The summed E-state index contributed by atoms with van der Waals surface area (Å²) in [5, 5.41) is -1.38. The molecule has 1 fully saturated rings. The second-order valence-corrected chi connectivity index (χ2v) is 10.3. The lowest BCUT2D eigenvalue weighted by molar-refractivity contribution is -0.150. The van der Waals surface area contributed by atoms with Crippen molar-refractivity contribution in [3.05, 3.63) is 34.4 Å². The van der Waals surface area contributed by atoms with Gasteiger partial charge in [0.25, 0.3) is 0 Å². The van der Waals surface area contributed by atoms with E-state index in [1.165, 1.54) is 0 Å². The molecule has 0 radical (unpaired) electrons. The van der Waals surface area contributed by atoms with Crippen LogP contribution in [0, 0.1) is 32.1 Å². The molecule has 2 rings (SSSR count). The standard InChI is InChI=1S/C24H35O4P/c1-16(2)10-13-28-22(26)23(6,29-27)24(11-8-7-9-12-24)21(25)20-18(4)14-17(3)15-19(20)5/h14-16H,7-13H2,1-6H3. The van der Waals surface area contributed by atoms with E-state index in [4.69, 9.17) is 4.74 Å². The third-order valence-corrected chi connectivity index (χ3v) is 7.46. The highest BCUT2D eigenvalue weighted by atomic mass is 31.1. The molecule has 1 aliphatic carbocycles. The first-order chi connectivity index (χ1) is 13.6. The van der Waals surface area contributed by atoms with Crippen molar-refractivity contribution in [2.24, 2.45) is 11.3 Å². The Balaban J connectivity index is 2.51. The van der Waals surface area contributed by atoms with Crippen molar-refractivity contribution >= 4 is 20.2 Å². The fourth-order valence-electron chi connectivity index (χ4n) is 4.72. The molecule has 0 saturated heterocycles. The molecule has 1 aliphatic rings. The summed E-state index contributed by atoms with van der Waals surface area (Å²) in [5.74, 6) is -0.173. The van der Waals surface area contributed by atoms with Gasteiger partial charge in [-0.3, -0.25) is 14.2 Å². The Labute approximate surface area is 177 Å². The molecule has 0 amide bonds. The van der Waals surface area contributed by atoms with Gasteiger partial charge in [-0.1, -0.05) is 50.8 Å². The maximum Gasteiger partial charge on any atom is 0.324 e. The minimum Gasteiger partial charge on any atom is -0.465 e. The van der Waals surface area contributed by atoms with Gasteiger partial charge in [0, 0.05) is 5.56 Å². The zero-order chi connectivity index (χ0) is 21.8. The van der Waals surface area contributed by atoms with Gasteiger partial charge in [-0.15, -0.1) is 0 Å². The van der Waals surface area contributed by atoms with Crippen LogP contribution in [-0.4, -0.2) is 23.5 Å². The molecule has 0 heterocycles. The lowest BCUT2D eigenvalue weighted by Crippen LogP contribution is -2.54. The van der Waals surface area contributed by atoms with E-state index in [0.717, 1.165) is 42.4 Å². The van der Waals surface area contributed by atoms with Crippen LogP contribution in [0.5, 0.6) is 0 Å². The van der Waals surface area contributed by atoms with Gasteiger partial charge in [-0.2, -0.15) is 0 Å². The van der Waals surface area contributed by atoms with Gasteiger partial charge < -0.3 is 4.74 Å². The number of carbonyl (C=O) groups excluding carboxylic acids is 2.